The molecule has 0 aromatic rings. The Labute approximate surface area is 73.4 Å². The molecule has 1 rings (SSSR count). The molecule has 2 atom stereocenters. The fraction of sp³-hybridized carbons (Fsp3) is 0.429. The van der Waals surface area contributed by atoms with Crippen LogP contribution in [0.1, 0.15) is 6.42 Å². The van der Waals surface area contributed by atoms with Gasteiger partial charge in [0, 0.05) is 6.42 Å². The Bertz CT molecular complexity index is 275. The van der Waals surface area contributed by atoms with E-state index in [0.29, 0.717) is 0 Å². The van der Waals surface area contributed by atoms with Crippen LogP contribution in [0.5, 0.6) is 0 Å². The Morgan fingerprint density at radius 2 is 1.92 bits per heavy atom. The number of carboxylic acids is 2. The van der Waals surface area contributed by atoms with Crippen molar-refractivity contribution in [3.63, 3.8) is 0 Å². The van der Waals surface area contributed by atoms with Gasteiger partial charge in [-0.25, -0.2) is 0 Å². The molecule has 1 saturated carbocycles. The number of hydrogen-bond donors (Lipinski definition) is 2. The van der Waals surface area contributed by atoms with E-state index in [-0.39, 0.29) is 6.42 Å². The maximum atomic E-state index is 10.6. The van der Waals surface area contributed by atoms with Crippen LogP contribution in [-0.2, 0) is 9.59 Å². The largest absolute Gasteiger partial charge is 0.481 e. The van der Waals surface area contributed by atoms with Crippen LogP contribution in [0.25, 0.3) is 0 Å². The minimum Gasteiger partial charge on any atom is -0.481 e. The van der Waals surface area contributed by atoms with Gasteiger partial charge in [0.25, 0.3) is 0 Å². The van der Waals surface area contributed by atoms with Crippen molar-refractivity contribution in [3.8, 4) is 0 Å². The van der Waals surface area contributed by atoms with E-state index < -0.39 is 22.2 Å². The van der Waals surface area contributed by atoms with Crippen LogP contribution in [0.4, 0.5) is 0 Å². The first-order valence-corrected chi connectivity index (χ1v) is 3.58. The molecule has 0 saturated heterocycles. The van der Waals surface area contributed by atoms with E-state index in [1.165, 1.54) is 0 Å². The molecule has 66 valence electrons. The molecule has 5 heteroatoms. The normalized spacial score (nSPS) is 38.8. The van der Waals surface area contributed by atoms with Crippen LogP contribution < -0.4 is 0 Å². The van der Waals surface area contributed by atoms with Crippen molar-refractivity contribution in [1.29, 1.82) is 0 Å². The summed E-state index contributed by atoms with van der Waals surface area (Å²) in [5.74, 6) is -2.55. The number of halogens is 1. The Balaban J connectivity index is 3.01. The first kappa shape index (κ1) is 9.06. The van der Waals surface area contributed by atoms with E-state index in [1.54, 1.807) is 0 Å². The highest BCUT2D eigenvalue weighted by atomic mass is 35.5. The second-order valence-electron chi connectivity index (χ2n) is 2.76. The number of alkyl halides is 1. The van der Waals surface area contributed by atoms with Crippen molar-refractivity contribution in [1.82, 2.24) is 0 Å². The van der Waals surface area contributed by atoms with Gasteiger partial charge in [-0.2, -0.15) is 0 Å². The zero-order chi connectivity index (χ0) is 9.57. The van der Waals surface area contributed by atoms with Gasteiger partial charge < -0.3 is 10.2 Å². The predicted molar refractivity (Wildman–Crippen MR) is 41.1 cm³/mol. The van der Waals surface area contributed by atoms with Crippen molar-refractivity contribution in [2.45, 2.75) is 11.3 Å². The van der Waals surface area contributed by atoms with Gasteiger partial charge in [-0.1, -0.05) is 6.08 Å². The monoisotopic (exact) mass is 190 g/mol. The quantitative estimate of drug-likeness (QED) is 0.508. The second kappa shape index (κ2) is 2.23. The lowest BCUT2D eigenvalue weighted by Crippen LogP contribution is -2.28. The van der Waals surface area contributed by atoms with Gasteiger partial charge >= 0.3 is 11.9 Å². The molecule has 0 heterocycles. The molecule has 0 spiro atoms. The maximum absolute atomic E-state index is 10.6. The second-order valence-corrected chi connectivity index (χ2v) is 3.41. The molecule has 1 fully saturated rings. The van der Waals surface area contributed by atoms with Gasteiger partial charge in [0.05, 0.1) is 0 Å². The van der Waals surface area contributed by atoms with E-state index >= 15 is 0 Å². The van der Waals surface area contributed by atoms with Crippen molar-refractivity contribution in [2.24, 2.45) is 5.41 Å². The molecule has 1 aliphatic carbocycles. The number of carbonyl (C=O) groups is 2. The van der Waals surface area contributed by atoms with Crippen LogP contribution in [0.15, 0.2) is 12.7 Å². The lowest BCUT2D eigenvalue weighted by molar-refractivity contribution is -0.146. The van der Waals surface area contributed by atoms with E-state index in [4.69, 9.17) is 21.8 Å². The van der Waals surface area contributed by atoms with E-state index in [0.717, 1.165) is 6.08 Å². The van der Waals surface area contributed by atoms with Gasteiger partial charge in [0.1, 0.15) is 5.41 Å². The predicted octanol–water partition coefficient (Wildman–Crippen LogP) is 0.709. The molecule has 0 aliphatic heterocycles. The Morgan fingerprint density at radius 3 is 2.00 bits per heavy atom. The molecule has 0 aromatic heterocycles. The summed E-state index contributed by atoms with van der Waals surface area (Å²) >= 11 is 5.55. The zero-order valence-corrected chi connectivity index (χ0v) is 6.84. The average molecular weight is 191 g/mol. The van der Waals surface area contributed by atoms with Gasteiger partial charge in [-0.15, -0.1) is 18.2 Å². The molecule has 0 radical (unpaired) electrons. The third-order valence-electron chi connectivity index (χ3n) is 2.17. The molecular weight excluding hydrogens is 184 g/mol. The van der Waals surface area contributed by atoms with E-state index in [9.17, 15) is 9.59 Å². The fourth-order valence-corrected chi connectivity index (χ4v) is 1.54. The molecule has 1 aliphatic rings. The van der Waals surface area contributed by atoms with Crippen molar-refractivity contribution >= 4 is 23.5 Å². The fourth-order valence-electron chi connectivity index (χ4n) is 1.17. The zero-order valence-electron chi connectivity index (χ0n) is 6.08. The molecule has 12 heavy (non-hydrogen) atoms. The highest BCUT2D eigenvalue weighted by Gasteiger charge is 2.75. The molecule has 4 nitrogen and oxygen atoms in total. The first-order chi connectivity index (χ1) is 5.40. The summed E-state index contributed by atoms with van der Waals surface area (Å²) in [4.78, 5) is 19.4. The summed E-state index contributed by atoms with van der Waals surface area (Å²) in [6.07, 6.45) is 0.978. The maximum Gasteiger partial charge on any atom is 0.326 e. The number of aliphatic carboxylic acids is 2. The molecule has 2 N–H and O–H groups in total. The summed E-state index contributed by atoms with van der Waals surface area (Å²) in [6.45, 7) is 3.27. The van der Waals surface area contributed by atoms with Crippen LogP contribution >= 0.6 is 11.6 Å². The Hall–Kier alpha value is -1.03. The third-order valence-corrected chi connectivity index (χ3v) is 2.81. The van der Waals surface area contributed by atoms with Gasteiger partial charge in [0.2, 0.25) is 0 Å². The minimum absolute atomic E-state index is 0.101. The van der Waals surface area contributed by atoms with E-state index in [1.807, 2.05) is 0 Å². The van der Waals surface area contributed by atoms with Gasteiger partial charge in [-0.3, -0.25) is 9.59 Å². The molecule has 2 unspecified atom stereocenters. The summed E-state index contributed by atoms with van der Waals surface area (Å²) in [7, 11) is 0. The molecular formula is C7H7ClO4. The molecule has 0 aromatic carbocycles. The van der Waals surface area contributed by atoms with Crippen LogP contribution in [0.2, 0.25) is 0 Å². The number of hydrogen-bond acceptors (Lipinski definition) is 2. The number of rotatable bonds is 3. The Morgan fingerprint density at radius 1 is 1.42 bits per heavy atom. The van der Waals surface area contributed by atoms with Crippen LogP contribution in [0, 0.1) is 5.41 Å². The van der Waals surface area contributed by atoms with Gasteiger partial charge in [0.15, 0.2) is 4.87 Å². The number of carboxylic acid groups (broad SMARTS) is 2. The highest BCUT2D eigenvalue weighted by molar-refractivity contribution is 6.39. The van der Waals surface area contributed by atoms with Crippen LogP contribution in [-0.4, -0.2) is 27.0 Å². The smallest absolute Gasteiger partial charge is 0.326 e. The first-order valence-electron chi connectivity index (χ1n) is 3.20. The lowest BCUT2D eigenvalue weighted by atomic mass is 10.0. The standard InChI is InChI=1S/C7H7ClO4/c1-2-6(4(9)10)3-7(6,8)5(11)12/h2H,1,3H2,(H,9,10)(H,11,12). The summed E-state index contributed by atoms with van der Waals surface area (Å²) in [5.41, 5.74) is -1.49. The van der Waals surface area contributed by atoms with Crippen molar-refractivity contribution < 1.29 is 19.8 Å². The van der Waals surface area contributed by atoms with E-state index in [2.05, 4.69) is 6.58 Å². The summed E-state index contributed by atoms with van der Waals surface area (Å²) < 4.78 is 0. The summed E-state index contributed by atoms with van der Waals surface area (Å²) in [6, 6.07) is 0. The molecule has 0 bridgehead atoms. The average Bonchev–Trinajstić information content (AvgIpc) is 2.59. The van der Waals surface area contributed by atoms with Crippen LogP contribution in [0.3, 0.4) is 0 Å². The minimum atomic E-state index is -1.69. The molecule has 0 amide bonds. The van der Waals surface area contributed by atoms with Crippen molar-refractivity contribution in [3.05, 3.63) is 12.7 Å². The Kier molecular flexibility index (Phi) is 1.68. The summed E-state index contributed by atoms with van der Waals surface area (Å²) in [5, 5.41) is 17.3. The van der Waals surface area contributed by atoms with Crippen molar-refractivity contribution in [2.75, 3.05) is 0 Å². The third kappa shape index (κ3) is 0.783. The highest BCUT2D eigenvalue weighted by Crippen LogP contribution is 2.62. The topological polar surface area (TPSA) is 74.6 Å². The van der Waals surface area contributed by atoms with Gasteiger partial charge in [-0.05, 0) is 0 Å². The SMILES string of the molecule is C=CC1(C(=O)O)CC1(Cl)C(=O)O. The lowest BCUT2D eigenvalue weighted by Gasteiger charge is -2.07.